The van der Waals surface area contributed by atoms with Gasteiger partial charge in [0.15, 0.2) is 0 Å². The maximum Gasteiger partial charge on any atom is 0.336 e. The van der Waals surface area contributed by atoms with Gasteiger partial charge in [0.1, 0.15) is 17.4 Å². The highest BCUT2D eigenvalue weighted by Crippen LogP contribution is 2.45. The van der Waals surface area contributed by atoms with Crippen molar-refractivity contribution in [1.82, 2.24) is 0 Å². The fraction of sp³-hybridized carbons (Fsp3) is 0.167. The molecule has 0 unspecified atom stereocenters. The number of carbonyl (C=O) groups is 1. The molecular formula is C18H14F2O2S2. The molecule has 1 aliphatic rings. The van der Waals surface area contributed by atoms with Crippen LogP contribution in [-0.4, -0.2) is 17.5 Å². The Labute approximate surface area is 147 Å². The fourth-order valence-corrected chi connectivity index (χ4v) is 5.07. The minimum absolute atomic E-state index is 0.264. The predicted octanol–water partition coefficient (Wildman–Crippen LogP) is 5.06. The molecule has 2 aromatic carbocycles. The van der Waals surface area contributed by atoms with Crippen LogP contribution in [0.2, 0.25) is 0 Å². The summed E-state index contributed by atoms with van der Waals surface area (Å²) >= 11 is 3.79. The molecule has 6 heteroatoms. The molecule has 0 radical (unpaired) electrons. The average molecular weight is 364 g/mol. The first kappa shape index (κ1) is 17.0. The topological polar surface area (TPSA) is 26.3 Å². The first-order chi connectivity index (χ1) is 11.6. The zero-order valence-electron chi connectivity index (χ0n) is 12.6. The molecule has 0 amide bonds. The van der Waals surface area contributed by atoms with Gasteiger partial charge >= 0.3 is 5.97 Å². The SMILES string of the molecule is O=C(/C=C\c1c(F)cccc1F)Oc1ccc(C2SCCS2)cc1. The van der Waals surface area contributed by atoms with Crippen molar-refractivity contribution in [2.45, 2.75) is 4.58 Å². The molecule has 0 saturated carbocycles. The van der Waals surface area contributed by atoms with Gasteiger partial charge in [-0.1, -0.05) is 18.2 Å². The van der Waals surface area contributed by atoms with Gasteiger partial charge in [-0.2, -0.15) is 0 Å². The van der Waals surface area contributed by atoms with Crippen LogP contribution < -0.4 is 4.74 Å². The van der Waals surface area contributed by atoms with E-state index >= 15 is 0 Å². The Morgan fingerprint density at radius 1 is 1.04 bits per heavy atom. The summed E-state index contributed by atoms with van der Waals surface area (Å²) in [5.74, 6) is 0.544. The average Bonchev–Trinajstić information content (AvgIpc) is 3.09. The Bertz CT molecular complexity index is 734. The summed E-state index contributed by atoms with van der Waals surface area (Å²) in [7, 11) is 0. The first-order valence-corrected chi connectivity index (χ1v) is 9.40. The third kappa shape index (κ3) is 4.19. The molecule has 0 spiro atoms. The van der Waals surface area contributed by atoms with Gasteiger partial charge in [-0.05, 0) is 35.9 Å². The standard InChI is InChI=1S/C18H14F2O2S2/c19-15-2-1-3-16(20)14(15)8-9-17(21)22-13-6-4-12(5-7-13)18-23-10-11-24-18/h1-9,18H,10-11H2/b9-8-. The van der Waals surface area contributed by atoms with Crippen LogP contribution in [-0.2, 0) is 4.79 Å². The smallest absolute Gasteiger partial charge is 0.336 e. The lowest BCUT2D eigenvalue weighted by atomic mass is 10.2. The lowest BCUT2D eigenvalue weighted by Crippen LogP contribution is -2.04. The van der Waals surface area contributed by atoms with Gasteiger partial charge < -0.3 is 4.74 Å². The van der Waals surface area contributed by atoms with E-state index in [1.807, 2.05) is 35.7 Å². The number of hydrogen-bond acceptors (Lipinski definition) is 4. The zero-order valence-corrected chi connectivity index (χ0v) is 14.2. The largest absolute Gasteiger partial charge is 0.423 e. The Morgan fingerprint density at radius 2 is 1.67 bits per heavy atom. The third-order valence-electron chi connectivity index (χ3n) is 3.38. The minimum atomic E-state index is -0.727. The van der Waals surface area contributed by atoms with Crippen LogP contribution >= 0.6 is 23.5 Å². The van der Waals surface area contributed by atoms with Crippen LogP contribution in [0.3, 0.4) is 0 Å². The normalized spacial score (nSPS) is 15.1. The number of thioether (sulfide) groups is 2. The minimum Gasteiger partial charge on any atom is -0.423 e. The molecule has 1 saturated heterocycles. The van der Waals surface area contributed by atoms with E-state index in [-0.39, 0.29) is 5.56 Å². The molecule has 124 valence electrons. The third-order valence-corrected chi connectivity index (χ3v) is 6.48. The molecule has 2 aromatic rings. The van der Waals surface area contributed by atoms with Crippen molar-refractivity contribution in [2.75, 3.05) is 11.5 Å². The maximum absolute atomic E-state index is 13.5. The maximum atomic E-state index is 13.5. The molecule has 0 N–H and O–H groups in total. The van der Waals surface area contributed by atoms with Crippen LogP contribution in [0.4, 0.5) is 8.78 Å². The van der Waals surface area contributed by atoms with Crippen LogP contribution in [0.25, 0.3) is 6.08 Å². The van der Waals surface area contributed by atoms with Gasteiger partial charge in [0.2, 0.25) is 0 Å². The Kier molecular flexibility index (Phi) is 5.58. The predicted molar refractivity (Wildman–Crippen MR) is 95.1 cm³/mol. The lowest BCUT2D eigenvalue weighted by molar-refractivity contribution is -0.128. The van der Waals surface area contributed by atoms with Gasteiger partial charge in [-0.3, -0.25) is 0 Å². The molecule has 3 rings (SSSR count). The van der Waals surface area contributed by atoms with Crippen molar-refractivity contribution in [1.29, 1.82) is 0 Å². The molecule has 0 bridgehead atoms. The van der Waals surface area contributed by atoms with E-state index in [1.54, 1.807) is 12.1 Å². The summed E-state index contributed by atoms with van der Waals surface area (Å²) < 4.78 is 32.5. The first-order valence-electron chi connectivity index (χ1n) is 7.30. The second-order valence-corrected chi connectivity index (χ2v) is 7.76. The van der Waals surface area contributed by atoms with E-state index in [1.165, 1.54) is 11.6 Å². The molecule has 1 aliphatic heterocycles. The van der Waals surface area contributed by atoms with Gasteiger partial charge in [-0.15, -0.1) is 23.5 Å². The molecule has 1 heterocycles. The van der Waals surface area contributed by atoms with Crippen molar-refractivity contribution in [3.05, 3.63) is 71.3 Å². The number of halogens is 2. The molecule has 1 fully saturated rings. The van der Waals surface area contributed by atoms with E-state index in [2.05, 4.69) is 0 Å². The number of ether oxygens (including phenoxy) is 1. The van der Waals surface area contributed by atoms with E-state index in [0.29, 0.717) is 10.3 Å². The van der Waals surface area contributed by atoms with Crippen LogP contribution in [0.15, 0.2) is 48.5 Å². The van der Waals surface area contributed by atoms with Gasteiger partial charge in [-0.25, -0.2) is 13.6 Å². The summed E-state index contributed by atoms with van der Waals surface area (Å²) in [5.41, 5.74) is 0.923. The van der Waals surface area contributed by atoms with E-state index in [9.17, 15) is 13.6 Å². The van der Waals surface area contributed by atoms with E-state index < -0.39 is 17.6 Å². The number of carbonyl (C=O) groups excluding carboxylic acids is 1. The number of rotatable bonds is 4. The Hall–Kier alpha value is -1.79. The van der Waals surface area contributed by atoms with Gasteiger partial charge in [0, 0.05) is 23.1 Å². The number of esters is 1. The second kappa shape index (κ2) is 7.85. The summed E-state index contributed by atoms with van der Waals surface area (Å²) in [6.07, 6.45) is 2.09. The summed E-state index contributed by atoms with van der Waals surface area (Å²) in [6, 6.07) is 10.8. The molecule has 2 nitrogen and oxygen atoms in total. The summed E-state index contributed by atoms with van der Waals surface area (Å²) in [6.45, 7) is 0. The summed E-state index contributed by atoms with van der Waals surface area (Å²) in [5, 5.41) is 0. The molecule has 24 heavy (non-hydrogen) atoms. The van der Waals surface area contributed by atoms with Gasteiger partial charge in [0.05, 0.1) is 4.58 Å². The van der Waals surface area contributed by atoms with Crippen molar-refractivity contribution in [2.24, 2.45) is 0 Å². The Morgan fingerprint density at radius 3 is 2.29 bits per heavy atom. The van der Waals surface area contributed by atoms with Crippen molar-refractivity contribution in [3.63, 3.8) is 0 Å². The highest BCUT2D eigenvalue weighted by atomic mass is 32.2. The van der Waals surface area contributed by atoms with Crippen LogP contribution in [0, 0.1) is 11.6 Å². The molecular weight excluding hydrogens is 350 g/mol. The van der Waals surface area contributed by atoms with Crippen LogP contribution in [0.1, 0.15) is 15.7 Å². The van der Waals surface area contributed by atoms with Crippen LogP contribution in [0.5, 0.6) is 5.75 Å². The molecule has 0 aromatic heterocycles. The molecule has 0 aliphatic carbocycles. The van der Waals surface area contributed by atoms with E-state index in [0.717, 1.165) is 35.8 Å². The monoisotopic (exact) mass is 364 g/mol. The fourth-order valence-electron chi connectivity index (χ4n) is 2.22. The lowest BCUT2D eigenvalue weighted by Gasteiger charge is -2.09. The second-order valence-electron chi connectivity index (χ2n) is 5.03. The number of hydrogen-bond donors (Lipinski definition) is 0. The highest BCUT2D eigenvalue weighted by Gasteiger charge is 2.18. The van der Waals surface area contributed by atoms with Crippen molar-refractivity contribution < 1.29 is 18.3 Å². The van der Waals surface area contributed by atoms with E-state index in [4.69, 9.17) is 4.74 Å². The zero-order chi connectivity index (χ0) is 16.9. The van der Waals surface area contributed by atoms with Crippen molar-refractivity contribution >= 4 is 35.6 Å². The van der Waals surface area contributed by atoms with Crippen molar-refractivity contribution in [3.8, 4) is 5.75 Å². The van der Waals surface area contributed by atoms with Gasteiger partial charge in [0.25, 0.3) is 0 Å². The Balaban J connectivity index is 1.63. The highest BCUT2D eigenvalue weighted by molar-refractivity contribution is 8.19. The number of benzene rings is 2. The molecule has 0 atom stereocenters. The quantitative estimate of drug-likeness (QED) is 0.430. The summed E-state index contributed by atoms with van der Waals surface area (Å²) in [4.78, 5) is 11.8.